The fourth-order valence-electron chi connectivity index (χ4n) is 1.09. The molecule has 0 bridgehead atoms. The fraction of sp³-hybridized carbons (Fsp3) is 0.875. The summed E-state index contributed by atoms with van der Waals surface area (Å²) in [6.45, 7) is 3.67. The van der Waals surface area contributed by atoms with Gasteiger partial charge in [0.25, 0.3) is 0 Å². The maximum absolute atomic E-state index is 11.9. The minimum absolute atomic E-state index is 0.253. The topological polar surface area (TPSA) is 61.8 Å². The van der Waals surface area contributed by atoms with Gasteiger partial charge in [0.2, 0.25) is 0 Å². The van der Waals surface area contributed by atoms with Gasteiger partial charge in [0.05, 0.1) is 6.61 Å². The summed E-state index contributed by atoms with van der Waals surface area (Å²) >= 11 is 0. The third-order valence-corrected chi connectivity index (χ3v) is 4.19. The van der Waals surface area contributed by atoms with Crippen LogP contribution >= 0.6 is 7.60 Å². The maximum Gasteiger partial charge on any atom is 0.344 e. The lowest BCUT2D eigenvalue weighted by atomic mass is 10.3. The predicted molar refractivity (Wildman–Crippen MR) is 52.3 cm³/mol. The van der Waals surface area contributed by atoms with Crippen LogP contribution in [-0.4, -0.2) is 32.5 Å². The highest BCUT2D eigenvalue weighted by molar-refractivity contribution is 7.55. The lowest BCUT2D eigenvalue weighted by Gasteiger charge is -2.21. The summed E-state index contributed by atoms with van der Waals surface area (Å²) in [5, 5.41) is 0. The number of rotatable bonds is 6. The average molecular weight is 224 g/mol. The van der Waals surface area contributed by atoms with Crippen molar-refractivity contribution in [2.45, 2.75) is 25.9 Å². The maximum atomic E-state index is 11.9. The molecule has 0 saturated carbocycles. The Morgan fingerprint density at radius 2 is 1.79 bits per heavy atom. The van der Waals surface area contributed by atoms with Gasteiger partial charge >= 0.3 is 13.6 Å². The molecule has 14 heavy (non-hydrogen) atoms. The first-order valence-electron chi connectivity index (χ1n) is 4.43. The summed E-state index contributed by atoms with van der Waals surface area (Å²) in [5.74, 6) is -0.540. The molecule has 0 N–H and O–H groups in total. The highest BCUT2D eigenvalue weighted by atomic mass is 31.2. The molecule has 84 valence electrons. The van der Waals surface area contributed by atoms with E-state index >= 15 is 0 Å². The number of carbonyl (C=O) groups is 1. The molecule has 6 heteroatoms. The lowest BCUT2D eigenvalue weighted by Crippen LogP contribution is -2.24. The average Bonchev–Trinajstić information content (AvgIpc) is 2.19. The Morgan fingerprint density at radius 1 is 1.29 bits per heavy atom. The second-order valence-electron chi connectivity index (χ2n) is 2.58. The molecule has 0 rings (SSSR count). The van der Waals surface area contributed by atoms with Gasteiger partial charge in [-0.25, -0.2) is 0 Å². The Morgan fingerprint density at radius 3 is 2.07 bits per heavy atom. The Labute approximate surface area is 84.3 Å². The van der Waals surface area contributed by atoms with Crippen molar-refractivity contribution in [1.29, 1.82) is 0 Å². The van der Waals surface area contributed by atoms with Crippen LogP contribution in [0, 0.1) is 0 Å². The van der Waals surface area contributed by atoms with Gasteiger partial charge in [0.15, 0.2) is 5.66 Å². The highest BCUT2D eigenvalue weighted by Gasteiger charge is 2.39. The molecule has 0 aromatic rings. The molecule has 0 aromatic heterocycles. The Kier molecular flexibility index (Phi) is 6.00. The van der Waals surface area contributed by atoms with Crippen LogP contribution in [0.25, 0.3) is 0 Å². The second-order valence-corrected chi connectivity index (χ2v) is 5.01. The lowest BCUT2D eigenvalue weighted by molar-refractivity contribution is -0.143. The Balaban J connectivity index is 4.69. The summed E-state index contributed by atoms with van der Waals surface area (Å²) in [5.41, 5.74) is -0.836. The number of hydrogen-bond acceptors (Lipinski definition) is 5. The summed E-state index contributed by atoms with van der Waals surface area (Å²) in [7, 11) is -0.839. The van der Waals surface area contributed by atoms with Crippen LogP contribution in [0.5, 0.6) is 0 Å². The molecular weight excluding hydrogens is 207 g/mol. The molecule has 0 heterocycles. The SMILES string of the molecule is CCOC(=O)C(CC)P(=O)(OC)OC. The summed E-state index contributed by atoms with van der Waals surface area (Å²) in [4.78, 5) is 11.4. The third kappa shape index (κ3) is 3.08. The number of carbonyl (C=O) groups excluding carboxylic acids is 1. The first-order valence-corrected chi connectivity index (χ1v) is 6.04. The predicted octanol–water partition coefficient (Wildman–Crippen LogP) is 1.81. The van der Waals surface area contributed by atoms with Crippen LogP contribution in [0.1, 0.15) is 20.3 Å². The van der Waals surface area contributed by atoms with E-state index in [0.717, 1.165) is 0 Å². The van der Waals surface area contributed by atoms with Crippen LogP contribution in [0.15, 0.2) is 0 Å². The van der Waals surface area contributed by atoms with E-state index in [1.807, 2.05) is 0 Å². The summed E-state index contributed by atoms with van der Waals surface area (Å²) < 4.78 is 26.1. The van der Waals surface area contributed by atoms with Crippen molar-refractivity contribution >= 4 is 13.6 Å². The van der Waals surface area contributed by atoms with Crippen molar-refractivity contribution in [1.82, 2.24) is 0 Å². The van der Waals surface area contributed by atoms with E-state index in [1.165, 1.54) is 14.2 Å². The molecule has 0 aliphatic carbocycles. The molecular formula is C8H17O5P. The third-order valence-electron chi connectivity index (χ3n) is 1.84. The minimum Gasteiger partial charge on any atom is -0.465 e. The second kappa shape index (κ2) is 6.17. The molecule has 0 amide bonds. The van der Waals surface area contributed by atoms with Gasteiger partial charge in [0.1, 0.15) is 0 Å². The van der Waals surface area contributed by atoms with Crippen molar-refractivity contribution in [2.75, 3.05) is 20.8 Å². The first kappa shape index (κ1) is 13.6. The molecule has 0 radical (unpaired) electrons. The Hall–Kier alpha value is -0.380. The van der Waals surface area contributed by atoms with Gasteiger partial charge in [-0.2, -0.15) is 0 Å². The molecule has 1 unspecified atom stereocenters. The first-order chi connectivity index (χ1) is 6.55. The van der Waals surface area contributed by atoms with Crippen molar-refractivity contribution in [2.24, 2.45) is 0 Å². The van der Waals surface area contributed by atoms with E-state index in [1.54, 1.807) is 13.8 Å². The molecule has 5 nitrogen and oxygen atoms in total. The van der Waals surface area contributed by atoms with Crippen molar-refractivity contribution in [3.8, 4) is 0 Å². The molecule has 1 atom stereocenters. The molecule has 0 saturated heterocycles. The van der Waals surface area contributed by atoms with Gasteiger partial charge in [-0.05, 0) is 13.3 Å². The van der Waals surface area contributed by atoms with Crippen LogP contribution < -0.4 is 0 Å². The van der Waals surface area contributed by atoms with Crippen molar-refractivity contribution in [3.63, 3.8) is 0 Å². The zero-order chi connectivity index (χ0) is 11.2. The normalized spacial score (nSPS) is 13.7. The molecule has 0 aromatic carbocycles. The van der Waals surface area contributed by atoms with Gasteiger partial charge in [-0.3, -0.25) is 9.36 Å². The van der Waals surface area contributed by atoms with Gasteiger partial charge < -0.3 is 13.8 Å². The molecule has 0 aliphatic heterocycles. The smallest absolute Gasteiger partial charge is 0.344 e. The quantitative estimate of drug-likeness (QED) is 0.508. The summed E-state index contributed by atoms with van der Waals surface area (Å²) in [6.07, 6.45) is 0.359. The van der Waals surface area contributed by atoms with E-state index in [9.17, 15) is 9.36 Å². The van der Waals surface area contributed by atoms with E-state index in [4.69, 9.17) is 13.8 Å². The van der Waals surface area contributed by atoms with Gasteiger partial charge in [-0.15, -0.1) is 0 Å². The van der Waals surface area contributed by atoms with Gasteiger partial charge in [-0.1, -0.05) is 6.92 Å². The molecule has 0 fully saturated rings. The van der Waals surface area contributed by atoms with Crippen LogP contribution in [-0.2, 0) is 23.1 Å². The zero-order valence-corrected chi connectivity index (χ0v) is 9.87. The van der Waals surface area contributed by atoms with Crippen molar-refractivity contribution < 1.29 is 23.1 Å². The number of ether oxygens (including phenoxy) is 1. The summed E-state index contributed by atoms with van der Waals surface area (Å²) in [6, 6.07) is 0. The van der Waals surface area contributed by atoms with Crippen LogP contribution in [0.4, 0.5) is 0 Å². The van der Waals surface area contributed by atoms with E-state index in [0.29, 0.717) is 6.42 Å². The number of esters is 1. The monoisotopic (exact) mass is 224 g/mol. The fourth-order valence-corrected chi connectivity index (χ4v) is 2.52. The van der Waals surface area contributed by atoms with Crippen LogP contribution in [0.2, 0.25) is 0 Å². The van der Waals surface area contributed by atoms with Crippen LogP contribution in [0.3, 0.4) is 0 Å². The standard InChI is InChI=1S/C8H17O5P/c1-5-7(8(9)13-6-2)14(10,11-3)12-4/h7H,5-6H2,1-4H3. The molecule has 0 spiro atoms. The number of hydrogen-bond donors (Lipinski definition) is 0. The van der Waals surface area contributed by atoms with Gasteiger partial charge in [0, 0.05) is 14.2 Å². The largest absolute Gasteiger partial charge is 0.465 e. The van der Waals surface area contributed by atoms with E-state index < -0.39 is 19.2 Å². The van der Waals surface area contributed by atoms with E-state index in [2.05, 4.69) is 0 Å². The van der Waals surface area contributed by atoms with Crippen molar-refractivity contribution in [3.05, 3.63) is 0 Å². The van der Waals surface area contributed by atoms with E-state index in [-0.39, 0.29) is 6.61 Å². The zero-order valence-electron chi connectivity index (χ0n) is 8.98. The highest BCUT2D eigenvalue weighted by Crippen LogP contribution is 2.53. The molecule has 0 aliphatic rings. The Bertz CT molecular complexity index is 220. The minimum atomic E-state index is -3.35.